The first-order valence-corrected chi connectivity index (χ1v) is 8.41. The van der Waals surface area contributed by atoms with Gasteiger partial charge in [-0.15, -0.1) is 0 Å². The van der Waals surface area contributed by atoms with E-state index < -0.39 is 0 Å². The summed E-state index contributed by atoms with van der Waals surface area (Å²) in [7, 11) is 0. The van der Waals surface area contributed by atoms with Crippen molar-refractivity contribution in [3.63, 3.8) is 0 Å². The fourth-order valence-electron chi connectivity index (χ4n) is 2.83. The predicted octanol–water partition coefficient (Wildman–Crippen LogP) is 2.10. The number of aromatic nitrogens is 1. The van der Waals surface area contributed by atoms with Crippen molar-refractivity contribution >= 4 is 34.5 Å². The molecule has 0 spiro atoms. The zero-order valence-electron chi connectivity index (χ0n) is 13.8. The van der Waals surface area contributed by atoms with Crippen molar-refractivity contribution in [2.75, 3.05) is 32.8 Å². The molecule has 132 valence electrons. The van der Waals surface area contributed by atoms with Crippen LogP contribution < -0.4 is 5.43 Å². The van der Waals surface area contributed by atoms with Gasteiger partial charge in [0.1, 0.15) is 5.56 Å². The van der Waals surface area contributed by atoms with Crippen LogP contribution in [0.3, 0.4) is 0 Å². The first kappa shape index (κ1) is 17.3. The van der Waals surface area contributed by atoms with Gasteiger partial charge in [-0.3, -0.25) is 9.59 Å². The molecule has 2 heterocycles. The highest BCUT2D eigenvalue weighted by Gasteiger charge is 2.27. The number of nitrogens with zero attached hydrogens (tertiary/aromatic N) is 2. The number of piperazine rings is 1. The SMILES string of the molecule is CCOC(=O)N1CCN(C(=O)c2c[nH]c3ccc(Cl)cc3c2=O)CC1. The zero-order valence-corrected chi connectivity index (χ0v) is 14.5. The van der Waals surface area contributed by atoms with Crippen LogP contribution in [0, 0.1) is 0 Å². The number of aromatic amines is 1. The Morgan fingerprint density at radius 3 is 2.56 bits per heavy atom. The van der Waals surface area contributed by atoms with Gasteiger partial charge >= 0.3 is 6.09 Å². The standard InChI is InChI=1S/C17H18ClN3O4/c1-2-25-17(24)21-7-5-20(6-8-21)16(23)13-10-19-14-4-3-11(18)9-12(14)15(13)22/h3-4,9-10H,2,5-8H2,1H3,(H,19,22). The monoisotopic (exact) mass is 363 g/mol. The van der Waals surface area contributed by atoms with Crippen LogP contribution >= 0.6 is 11.6 Å². The lowest BCUT2D eigenvalue weighted by atomic mass is 10.1. The quantitative estimate of drug-likeness (QED) is 0.885. The summed E-state index contributed by atoms with van der Waals surface area (Å²) in [5.41, 5.74) is 0.339. The van der Waals surface area contributed by atoms with Gasteiger partial charge in [0.05, 0.1) is 6.61 Å². The molecule has 1 N–H and O–H groups in total. The Kier molecular flexibility index (Phi) is 4.94. The molecule has 7 nitrogen and oxygen atoms in total. The summed E-state index contributed by atoms with van der Waals surface area (Å²) in [4.78, 5) is 43.1. The molecule has 8 heteroatoms. The van der Waals surface area contributed by atoms with Crippen molar-refractivity contribution in [1.29, 1.82) is 0 Å². The van der Waals surface area contributed by atoms with Crippen LogP contribution in [0.2, 0.25) is 5.02 Å². The number of nitrogens with one attached hydrogen (secondary N) is 1. The molecular formula is C17H18ClN3O4. The van der Waals surface area contributed by atoms with E-state index in [-0.39, 0.29) is 23.0 Å². The van der Waals surface area contributed by atoms with E-state index >= 15 is 0 Å². The van der Waals surface area contributed by atoms with E-state index in [2.05, 4.69) is 4.98 Å². The third kappa shape index (κ3) is 3.46. The highest BCUT2D eigenvalue weighted by Crippen LogP contribution is 2.16. The summed E-state index contributed by atoms with van der Waals surface area (Å²) in [6.07, 6.45) is 1.05. The maximum atomic E-state index is 12.7. The second-order valence-corrected chi connectivity index (χ2v) is 6.14. The van der Waals surface area contributed by atoms with Crippen LogP contribution in [-0.4, -0.2) is 59.6 Å². The zero-order chi connectivity index (χ0) is 18.0. The van der Waals surface area contributed by atoms with E-state index in [0.717, 1.165) is 0 Å². The molecule has 0 atom stereocenters. The summed E-state index contributed by atoms with van der Waals surface area (Å²) in [5.74, 6) is -0.355. The van der Waals surface area contributed by atoms with E-state index in [0.29, 0.717) is 48.7 Å². The van der Waals surface area contributed by atoms with Gasteiger partial charge in [-0.25, -0.2) is 4.79 Å². The van der Waals surface area contributed by atoms with Crippen molar-refractivity contribution in [2.24, 2.45) is 0 Å². The molecule has 0 bridgehead atoms. The maximum Gasteiger partial charge on any atom is 0.409 e. The smallest absolute Gasteiger partial charge is 0.409 e. The molecule has 2 amide bonds. The third-order valence-corrected chi connectivity index (χ3v) is 4.40. The van der Waals surface area contributed by atoms with Crippen LogP contribution in [0.5, 0.6) is 0 Å². The van der Waals surface area contributed by atoms with E-state index in [4.69, 9.17) is 16.3 Å². The first-order chi connectivity index (χ1) is 12.0. The first-order valence-electron chi connectivity index (χ1n) is 8.03. The number of halogens is 1. The van der Waals surface area contributed by atoms with Crippen LogP contribution in [0.4, 0.5) is 4.79 Å². The highest BCUT2D eigenvalue weighted by atomic mass is 35.5. The van der Waals surface area contributed by atoms with Gasteiger partial charge in [-0.2, -0.15) is 0 Å². The van der Waals surface area contributed by atoms with E-state index in [1.807, 2.05) is 0 Å². The van der Waals surface area contributed by atoms with Gasteiger partial charge in [-0.1, -0.05) is 11.6 Å². The fraction of sp³-hybridized carbons (Fsp3) is 0.353. The summed E-state index contributed by atoms with van der Waals surface area (Å²) in [5, 5.41) is 0.814. The van der Waals surface area contributed by atoms with Gasteiger partial charge in [0.2, 0.25) is 5.43 Å². The molecule has 1 fully saturated rings. The number of ether oxygens (including phenoxy) is 1. The van der Waals surface area contributed by atoms with Crippen molar-refractivity contribution < 1.29 is 14.3 Å². The number of carbonyl (C=O) groups is 2. The van der Waals surface area contributed by atoms with Crippen LogP contribution in [0.15, 0.2) is 29.2 Å². The molecule has 1 aromatic heterocycles. The van der Waals surface area contributed by atoms with Gasteiger partial charge in [0.15, 0.2) is 0 Å². The lowest BCUT2D eigenvalue weighted by Crippen LogP contribution is -2.51. The second-order valence-electron chi connectivity index (χ2n) is 5.70. The normalized spacial score (nSPS) is 14.6. The topological polar surface area (TPSA) is 82.7 Å². The Bertz CT molecular complexity index is 872. The Morgan fingerprint density at radius 1 is 1.20 bits per heavy atom. The molecule has 0 saturated carbocycles. The molecule has 0 unspecified atom stereocenters. The minimum atomic E-state index is -0.382. The van der Waals surface area contributed by atoms with E-state index in [1.54, 1.807) is 34.9 Å². The summed E-state index contributed by atoms with van der Waals surface area (Å²) in [6.45, 7) is 3.52. The minimum Gasteiger partial charge on any atom is -0.450 e. The van der Waals surface area contributed by atoms with Crippen LogP contribution in [-0.2, 0) is 4.74 Å². The van der Waals surface area contributed by atoms with Crippen molar-refractivity contribution in [2.45, 2.75) is 6.92 Å². The average Bonchev–Trinajstić information content (AvgIpc) is 2.62. The maximum absolute atomic E-state index is 12.7. The largest absolute Gasteiger partial charge is 0.450 e. The summed E-state index contributed by atoms with van der Waals surface area (Å²) in [6, 6.07) is 4.92. The van der Waals surface area contributed by atoms with Crippen LogP contribution in [0.1, 0.15) is 17.3 Å². The molecule has 2 aromatic rings. The van der Waals surface area contributed by atoms with Gasteiger partial charge in [0, 0.05) is 48.3 Å². The Labute approximate surface area is 149 Å². The number of hydrogen-bond donors (Lipinski definition) is 1. The molecular weight excluding hydrogens is 346 g/mol. The summed E-state index contributed by atoms with van der Waals surface area (Å²) < 4.78 is 4.96. The number of carbonyl (C=O) groups excluding carboxylic acids is 2. The van der Waals surface area contributed by atoms with Gasteiger partial charge in [0.25, 0.3) is 5.91 Å². The number of benzene rings is 1. The highest BCUT2D eigenvalue weighted by molar-refractivity contribution is 6.31. The van der Waals surface area contributed by atoms with Crippen molar-refractivity contribution in [3.05, 3.63) is 45.2 Å². The molecule has 25 heavy (non-hydrogen) atoms. The lowest BCUT2D eigenvalue weighted by molar-refractivity contribution is 0.0569. The Morgan fingerprint density at radius 2 is 1.88 bits per heavy atom. The summed E-state index contributed by atoms with van der Waals surface area (Å²) >= 11 is 5.95. The molecule has 1 aliphatic heterocycles. The lowest BCUT2D eigenvalue weighted by Gasteiger charge is -2.33. The van der Waals surface area contributed by atoms with Crippen LogP contribution in [0.25, 0.3) is 10.9 Å². The molecule has 1 aliphatic rings. The van der Waals surface area contributed by atoms with E-state index in [9.17, 15) is 14.4 Å². The number of H-pyrrole nitrogens is 1. The van der Waals surface area contributed by atoms with Gasteiger partial charge in [-0.05, 0) is 25.1 Å². The number of rotatable bonds is 2. The third-order valence-electron chi connectivity index (χ3n) is 4.17. The predicted molar refractivity (Wildman–Crippen MR) is 94.1 cm³/mol. The molecule has 3 rings (SSSR count). The molecule has 0 radical (unpaired) electrons. The minimum absolute atomic E-state index is 0.0688. The molecule has 1 aromatic carbocycles. The Balaban J connectivity index is 1.78. The molecule has 1 saturated heterocycles. The number of hydrogen-bond acceptors (Lipinski definition) is 4. The average molecular weight is 364 g/mol. The fourth-order valence-corrected chi connectivity index (χ4v) is 3.00. The van der Waals surface area contributed by atoms with E-state index in [1.165, 1.54) is 6.20 Å². The Hall–Kier alpha value is -2.54. The second kappa shape index (κ2) is 7.14. The number of amides is 2. The van der Waals surface area contributed by atoms with Gasteiger partial charge < -0.3 is 19.5 Å². The van der Waals surface area contributed by atoms with Crippen molar-refractivity contribution in [3.8, 4) is 0 Å². The molecule has 0 aliphatic carbocycles. The number of fused-ring (bicyclic) bond motifs is 1. The van der Waals surface area contributed by atoms with Crippen molar-refractivity contribution in [1.82, 2.24) is 14.8 Å². The number of pyridine rings is 1.